The monoisotopic (exact) mass is 293 g/mol. The lowest BCUT2D eigenvalue weighted by atomic mass is 9.49. The van der Waals surface area contributed by atoms with Crippen LogP contribution in [0.3, 0.4) is 0 Å². The summed E-state index contributed by atoms with van der Waals surface area (Å²) in [6, 6.07) is 0. The van der Waals surface area contributed by atoms with Crippen molar-refractivity contribution >= 4 is 11.9 Å². The van der Waals surface area contributed by atoms with Gasteiger partial charge in [0.05, 0.1) is 5.41 Å². The molecule has 0 aromatic carbocycles. The third kappa shape index (κ3) is 2.58. The molecule has 4 fully saturated rings. The van der Waals surface area contributed by atoms with Crippen molar-refractivity contribution in [3.05, 3.63) is 0 Å². The fourth-order valence-corrected chi connectivity index (χ4v) is 5.41. The molecule has 0 aliphatic heterocycles. The Morgan fingerprint density at radius 2 is 1.48 bits per heavy atom. The van der Waals surface area contributed by atoms with Crippen LogP contribution in [0, 0.1) is 23.2 Å². The first-order valence-corrected chi connectivity index (χ1v) is 8.23. The summed E-state index contributed by atoms with van der Waals surface area (Å²) in [5.41, 5.74) is -0.684. The number of amides is 1. The van der Waals surface area contributed by atoms with E-state index in [1.165, 1.54) is 19.3 Å². The second-order valence-electron chi connectivity index (χ2n) is 8.65. The first-order chi connectivity index (χ1) is 9.69. The molecule has 0 spiro atoms. The molecule has 4 saturated carbocycles. The van der Waals surface area contributed by atoms with Crippen LogP contribution >= 0.6 is 0 Å². The Bertz CT molecular complexity index is 428. The first kappa shape index (κ1) is 14.9. The van der Waals surface area contributed by atoms with E-state index in [4.69, 9.17) is 0 Å². The molecule has 21 heavy (non-hydrogen) atoms. The number of hydrogen-bond acceptors (Lipinski definition) is 2. The lowest BCUT2D eigenvalue weighted by Crippen LogP contribution is -2.59. The number of rotatable bonds is 3. The van der Waals surface area contributed by atoms with E-state index in [0.717, 1.165) is 19.3 Å². The van der Waals surface area contributed by atoms with Crippen LogP contribution in [0.1, 0.15) is 59.3 Å². The van der Waals surface area contributed by atoms with Crippen molar-refractivity contribution in [1.29, 1.82) is 0 Å². The smallest absolute Gasteiger partial charge is 0.323 e. The third-order valence-electron chi connectivity index (χ3n) is 5.84. The van der Waals surface area contributed by atoms with Gasteiger partial charge in [0.25, 0.3) is 0 Å². The third-order valence-corrected chi connectivity index (χ3v) is 5.84. The summed E-state index contributed by atoms with van der Waals surface area (Å²) in [5, 5.41) is 9.18. The molecule has 0 saturated heterocycles. The molecule has 0 heterocycles. The maximum Gasteiger partial charge on any atom is 0.323 e. The molecule has 4 aliphatic rings. The second kappa shape index (κ2) is 4.72. The minimum Gasteiger partial charge on any atom is -0.480 e. The van der Waals surface area contributed by atoms with Gasteiger partial charge in [0.2, 0.25) is 5.91 Å². The van der Waals surface area contributed by atoms with Crippen molar-refractivity contribution in [2.75, 3.05) is 6.54 Å². The van der Waals surface area contributed by atoms with Gasteiger partial charge in [0.15, 0.2) is 0 Å². The van der Waals surface area contributed by atoms with Gasteiger partial charge in [-0.15, -0.1) is 0 Å². The van der Waals surface area contributed by atoms with E-state index in [0.29, 0.717) is 17.8 Å². The summed E-state index contributed by atoms with van der Waals surface area (Å²) in [7, 11) is 0. The molecule has 0 radical (unpaired) electrons. The normalized spacial score (nSPS) is 37.6. The van der Waals surface area contributed by atoms with Crippen LogP contribution in [-0.2, 0) is 9.59 Å². The minimum absolute atomic E-state index is 0.108. The summed E-state index contributed by atoms with van der Waals surface area (Å²) in [5.74, 6) is 1.30. The highest BCUT2D eigenvalue weighted by Gasteiger charge is 2.56. The first-order valence-electron chi connectivity index (χ1n) is 8.23. The number of hydrogen-bond donors (Lipinski definition) is 1. The van der Waals surface area contributed by atoms with E-state index in [2.05, 4.69) is 0 Å². The molecule has 118 valence electrons. The Kier molecular flexibility index (Phi) is 3.34. The quantitative estimate of drug-likeness (QED) is 0.870. The second-order valence-corrected chi connectivity index (χ2v) is 8.65. The fourth-order valence-electron chi connectivity index (χ4n) is 5.41. The van der Waals surface area contributed by atoms with Crippen molar-refractivity contribution in [3.8, 4) is 0 Å². The van der Waals surface area contributed by atoms with Crippen molar-refractivity contribution < 1.29 is 14.7 Å². The predicted octanol–water partition coefficient (Wildman–Crippen LogP) is 2.91. The average Bonchev–Trinajstić information content (AvgIpc) is 2.32. The molecule has 1 amide bonds. The van der Waals surface area contributed by atoms with Crippen LogP contribution in [0.2, 0.25) is 0 Å². The molecular weight excluding hydrogens is 266 g/mol. The van der Waals surface area contributed by atoms with E-state index in [1.807, 2.05) is 20.8 Å². The van der Waals surface area contributed by atoms with E-state index < -0.39 is 11.5 Å². The molecule has 4 nitrogen and oxygen atoms in total. The van der Waals surface area contributed by atoms with Gasteiger partial charge in [-0.25, -0.2) is 0 Å². The number of carboxylic acid groups (broad SMARTS) is 1. The molecule has 0 atom stereocenters. The zero-order valence-corrected chi connectivity index (χ0v) is 13.4. The van der Waals surface area contributed by atoms with Crippen molar-refractivity contribution in [2.24, 2.45) is 23.2 Å². The fraction of sp³-hybridized carbons (Fsp3) is 0.882. The van der Waals surface area contributed by atoms with Crippen LogP contribution in [0.15, 0.2) is 0 Å². The molecule has 4 aliphatic carbocycles. The minimum atomic E-state index is -0.914. The molecule has 0 aromatic heterocycles. The maximum atomic E-state index is 13.2. The standard InChI is InChI=1S/C17H27NO3/c1-16(2,3)18(10-14(19)20)15(21)17-7-11-4-12(8-17)6-13(5-11)9-17/h11-13H,4-10H2,1-3H3,(H,19,20). The number of carbonyl (C=O) groups is 2. The average molecular weight is 293 g/mol. The Morgan fingerprint density at radius 1 is 1.05 bits per heavy atom. The number of carboxylic acids is 1. The van der Waals surface area contributed by atoms with E-state index >= 15 is 0 Å². The Morgan fingerprint density at radius 3 is 1.81 bits per heavy atom. The van der Waals surface area contributed by atoms with Gasteiger partial charge in [-0.1, -0.05) is 0 Å². The summed E-state index contributed by atoms with van der Waals surface area (Å²) >= 11 is 0. The van der Waals surface area contributed by atoms with Gasteiger partial charge in [0.1, 0.15) is 6.54 Å². The lowest BCUT2D eigenvalue weighted by molar-refractivity contribution is -0.166. The zero-order chi connectivity index (χ0) is 15.4. The SMILES string of the molecule is CC(C)(C)N(CC(=O)O)C(=O)C12CC3CC(CC(C3)C1)C2. The van der Waals surface area contributed by atoms with Crippen molar-refractivity contribution in [3.63, 3.8) is 0 Å². The van der Waals surface area contributed by atoms with E-state index in [9.17, 15) is 14.7 Å². The number of aliphatic carboxylic acids is 1. The van der Waals surface area contributed by atoms with E-state index in [1.54, 1.807) is 4.90 Å². The van der Waals surface area contributed by atoms with Crippen LogP contribution < -0.4 is 0 Å². The molecule has 4 heteroatoms. The number of carbonyl (C=O) groups excluding carboxylic acids is 1. The van der Waals surface area contributed by atoms with Crippen LogP contribution in [-0.4, -0.2) is 34.0 Å². The molecule has 4 bridgehead atoms. The zero-order valence-electron chi connectivity index (χ0n) is 13.4. The Hall–Kier alpha value is -1.06. The van der Waals surface area contributed by atoms with Gasteiger partial charge >= 0.3 is 5.97 Å². The molecule has 0 aromatic rings. The lowest BCUT2D eigenvalue weighted by Gasteiger charge is -2.57. The van der Waals surface area contributed by atoms with Crippen LogP contribution in [0.5, 0.6) is 0 Å². The summed E-state index contributed by atoms with van der Waals surface area (Å²) in [4.78, 5) is 26.0. The highest BCUT2D eigenvalue weighted by molar-refractivity contribution is 5.87. The largest absolute Gasteiger partial charge is 0.480 e. The van der Waals surface area contributed by atoms with Gasteiger partial charge < -0.3 is 10.0 Å². The highest BCUT2D eigenvalue weighted by Crippen LogP contribution is 2.60. The van der Waals surface area contributed by atoms with Crippen LogP contribution in [0.25, 0.3) is 0 Å². The molecule has 0 unspecified atom stereocenters. The van der Waals surface area contributed by atoms with Crippen molar-refractivity contribution in [2.45, 2.75) is 64.8 Å². The Labute approximate surface area is 126 Å². The van der Waals surface area contributed by atoms with Gasteiger partial charge in [-0.2, -0.15) is 0 Å². The van der Waals surface area contributed by atoms with Gasteiger partial charge in [-0.3, -0.25) is 9.59 Å². The van der Waals surface area contributed by atoms with Crippen molar-refractivity contribution in [1.82, 2.24) is 4.90 Å². The van der Waals surface area contributed by atoms with E-state index in [-0.39, 0.29) is 17.9 Å². The molecule has 4 rings (SSSR count). The topological polar surface area (TPSA) is 57.6 Å². The summed E-state index contributed by atoms with van der Waals surface area (Å²) in [6.45, 7) is 5.64. The summed E-state index contributed by atoms with van der Waals surface area (Å²) in [6.07, 6.45) is 6.85. The van der Waals surface area contributed by atoms with Gasteiger partial charge in [0, 0.05) is 5.54 Å². The summed E-state index contributed by atoms with van der Waals surface area (Å²) < 4.78 is 0. The molecule has 1 N–H and O–H groups in total. The number of nitrogens with zero attached hydrogens (tertiary/aromatic N) is 1. The molecular formula is C17H27NO3. The predicted molar refractivity (Wildman–Crippen MR) is 79.7 cm³/mol. The van der Waals surface area contributed by atoms with Gasteiger partial charge in [-0.05, 0) is 77.0 Å². The maximum absolute atomic E-state index is 13.2. The Balaban J connectivity index is 1.87. The highest BCUT2D eigenvalue weighted by atomic mass is 16.4. The van der Waals surface area contributed by atoms with Crippen LogP contribution in [0.4, 0.5) is 0 Å².